The molecular weight excluding hydrogens is 370 g/mol. The maximum atomic E-state index is 12.8. The van der Waals surface area contributed by atoms with E-state index in [9.17, 15) is 4.79 Å². The van der Waals surface area contributed by atoms with E-state index in [0.29, 0.717) is 24.8 Å². The van der Waals surface area contributed by atoms with Gasteiger partial charge in [-0.2, -0.15) is 0 Å². The first-order valence-electron chi connectivity index (χ1n) is 8.32. The molecule has 0 spiro atoms. The van der Waals surface area contributed by atoms with Gasteiger partial charge in [0.25, 0.3) is 5.91 Å². The number of hydrogen-bond acceptors (Lipinski definition) is 5. The highest BCUT2D eigenvalue weighted by Crippen LogP contribution is 2.26. The van der Waals surface area contributed by atoms with Crippen LogP contribution in [0.4, 0.5) is 0 Å². The smallest absolute Gasteiger partial charge is 0.293 e. The number of para-hydroxylation sites is 1. The van der Waals surface area contributed by atoms with Crippen molar-refractivity contribution in [2.75, 3.05) is 19.6 Å². The molecule has 26 heavy (non-hydrogen) atoms. The second kappa shape index (κ2) is 7.99. The van der Waals surface area contributed by atoms with Crippen molar-refractivity contribution >= 4 is 29.7 Å². The number of halogens is 1. The van der Waals surface area contributed by atoms with Crippen LogP contribution in [-0.4, -0.2) is 45.2 Å². The molecule has 1 aliphatic rings. The van der Waals surface area contributed by atoms with Gasteiger partial charge in [-0.05, 0) is 42.5 Å². The molecule has 4 rings (SSSR count). The first-order valence-corrected chi connectivity index (χ1v) is 9.20. The second-order valence-electron chi connectivity index (χ2n) is 6.13. The first kappa shape index (κ1) is 18.6. The van der Waals surface area contributed by atoms with Gasteiger partial charge in [-0.15, -0.1) is 28.8 Å². The number of rotatable bonds is 4. The Morgan fingerprint density at radius 3 is 2.69 bits per heavy atom. The van der Waals surface area contributed by atoms with E-state index in [4.69, 9.17) is 5.73 Å². The Bertz CT molecular complexity index is 865. The molecule has 1 saturated heterocycles. The molecule has 3 heterocycles. The number of nitrogens with two attached hydrogens (primary N) is 1. The summed E-state index contributed by atoms with van der Waals surface area (Å²) in [7, 11) is 0. The molecule has 2 N–H and O–H groups in total. The van der Waals surface area contributed by atoms with Crippen molar-refractivity contribution in [3.63, 3.8) is 0 Å². The lowest BCUT2D eigenvalue weighted by Crippen LogP contribution is -2.30. The molecule has 1 atom stereocenters. The van der Waals surface area contributed by atoms with Gasteiger partial charge in [-0.25, -0.2) is 9.67 Å². The summed E-state index contributed by atoms with van der Waals surface area (Å²) in [5.41, 5.74) is 6.62. The van der Waals surface area contributed by atoms with Crippen molar-refractivity contribution in [3.05, 3.63) is 53.7 Å². The fourth-order valence-corrected chi connectivity index (χ4v) is 3.77. The molecule has 3 aromatic rings. The number of carbonyl (C=O) groups excluding carboxylic acids is 1. The van der Waals surface area contributed by atoms with Crippen molar-refractivity contribution in [2.24, 2.45) is 11.7 Å². The predicted molar refractivity (Wildman–Crippen MR) is 105 cm³/mol. The lowest BCUT2D eigenvalue weighted by Gasteiger charge is -2.13. The van der Waals surface area contributed by atoms with E-state index in [0.717, 1.165) is 23.5 Å². The van der Waals surface area contributed by atoms with Gasteiger partial charge in [0.2, 0.25) is 5.82 Å². The van der Waals surface area contributed by atoms with Crippen LogP contribution in [0.3, 0.4) is 0 Å². The van der Waals surface area contributed by atoms with Gasteiger partial charge >= 0.3 is 0 Å². The van der Waals surface area contributed by atoms with E-state index in [2.05, 4.69) is 10.1 Å². The van der Waals surface area contributed by atoms with E-state index in [1.54, 1.807) is 20.9 Å². The summed E-state index contributed by atoms with van der Waals surface area (Å²) in [4.78, 5) is 20.2. The van der Waals surface area contributed by atoms with Gasteiger partial charge in [0.1, 0.15) is 0 Å². The maximum absolute atomic E-state index is 12.8. The summed E-state index contributed by atoms with van der Waals surface area (Å²) in [5, 5.41) is 6.51. The molecule has 1 unspecified atom stereocenters. The van der Waals surface area contributed by atoms with Crippen molar-refractivity contribution < 1.29 is 4.79 Å². The third kappa shape index (κ3) is 3.51. The quantitative estimate of drug-likeness (QED) is 0.744. The predicted octanol–water partition coefficient (Wildman–Crippen LogP) is 2.84. The number of benzene rings is 1. The van der Waals surface area contributed by atoms with Crippen LogP contribution < -0.4 is 5.73 Å². The van der Waals surface area contributed by atoms with Crippen molar-refractivity contribution in [1.29, 1.82) is 0 Å². The lowest BCUT2D eigenvalue weighted by molar-refractivity contribution is 0.0775. The largest absolute Gasteiger partial charge is 0.336 e. The summed E-state index contributed by atoms with van der Waals surface area (Å²) in [6.07, 6.45) is 0.944. The first-order chi connectivity index (χ1) is 12.3. The molecule has 6 nitrogen and oxygen atoms in total. The van der Waals surface area contributed by atoms with E-state index in [1.165, 1.54) is 0 Å². The maximum Gasteiger partial charge on any atom is 0.293 e. The topological polar surface area (TPSA) is 77.0 Å². The molecular formula is C18H20ClN5OS. The standard InChI is InChI=1S/C18H19N5OS.ClH/c19-11-13-8-9-22(12-13)18(24)16-20-17(15-7-4-10-25-15)23(21-16)14-5-2-1-3-6-14;/h1-7,10,13H,8-9,11-12,19H2;1H. The number of hydrogen-bond donors (Lipinski definition) is 1. The van der Waals surface area contributed by atoms with E-state index in [1.807, 2.05) is 47.8 Å². The summed E-state index contributed by atoms with van der Waals surface area (Å²) in [6.45, 7) is 2.01. The van der Waals surface area contributed by atoms with Crippen LogP contribution in [0.2, 0.25) is 0 Å². The van der Waals surface area contributed by atoms with E-state index in [-0.39, 0.29) is 24.1 Å². The van der Waals surface area contributed by atoms with Gasteiger partial charge in [-0.1, -0.05) is 24.3 Å². The molecule has 1 aliphatic heterocycles. The number of carbonyl (C=O) groups is 1. The normalized spacial score (nSPS) is 16.5. The molecule has 0 aliphatic carbocycles. The number of amides is 1. The monoisotopic (exact) mass is 389 g/mol. The third-order valence-electron chi connectivity index (χ3n) is 4.45. The Hall–Kier alpha value is -2.22. The third-order valence-corrected chi connectivity index (χ3v) is 5.31. The van der Waals surface area contributed by atoms with Crippen LogP contribution in [0, 0.1) is 5.92 Å². The van der Waals surface area contributed by atoms with Crippen LogP contribution in [0.25, 0.3) is 16.4 Å². The van der Waals surface area contributed by atoms with Crippen LogP contribution in [0.15, 0.2) is 47.8 Å². The summed E-state index contributed by atoms with van der Waals surface area (Å²) >= 11 is 1.58. The minimum atomic E-state index is -0.122. The van der Waals surface area contributed by atoms with Crippen LogP contribution in [-0.2, 0) is 0 Å². The zero-order valence-electron chi connectivity index (χ0n) is 14.1. The van der Waals surface area contributed by atoms with Gasteiger partial charge in [0.15, 0.2) is 5.82 Å². The molecule has 1 fully saturated rings. The number of nitrogens with zero attached hydrogens (tertiary/aromatic N) is 4. The molecule has 1 aromatic carbocycles. The van der Waals surface area contributed by atoms with Gasteiger partial charge in [0.05, 0.1) is 10.6 Å². The Labute approximate surface area is 162 Å². The molecule has 0 radical (unpaired) electrons. The lowest BCUT2D eigenvalue weighted by atomic mass is 10.1. The molecule has 8 heteroatoms. The van der Waals surface area contributed by atoms with Gasteiger partial charge in [-0.3, -0.25) is 4.79 Å². The summed E-state index contributed by atoms with van der Waals surface area (Å²) in [6, 6.07) is 13.7. The summed E-state index contributed by atoms with van der Waals surface area (Å²) < 4.78 is 1.75. The van der Waals surface area contributed by atoms with Crippen molar-refractivity contribution in [3.8, 4) is 16.4 Å². The number of thiophene rings is 1. The Kier molecular flexibility index (Phi) is 5.70. The molecule has 1 amide bonds. The van der Waals surface area contributed by atoms with Gasteiger partial charge in [0, 0.05) is 13.1 Å². The highest BCUT2D eigenvalue weighted by Gasteiger charge is 2.29. The second-order valence-corrected chi connectivity index (χ2v) is 7.07. The van der Waals surface area contributed by atoms with Crippen LogP contribution >= 0.6 is 23.7 Å². The highest BCUT2D eigenvalue weighted by molar-refractivity contribution is 7.13. The highest BCUT2D eigenvalue weighted by atomic mass is 35.5. The average molecular weight is 390 g/mol. The summed E-state index contributed by atoms with van der Waals surface area (Å²) in [5.74, 6) is 1.18. The number of aromatic nitrogens is 3. The fourth-order valence-electron chi connectivity index (χ4n) is 3.07. The Morgan fingerprint density at radius 1 is 1.23 bits per heavy atom. The van der Waals surface area contributed by atoms with E-state index >= 15 is 0 Å². The van der Waals surface area contributed by atoms with Crippen molar-refractivity contribution in [1.82, 2.24) is 19.7 Å². The van der Waals surface area contributed by atoms with Gasteiger partial charge < -0.3 is 10.6 Å². The fraction of sp³-hybridized carbons (Fsp3) is 0.278. The van der Waals surface area contributed by atoms with E-state index < -0.39 is 0 Å². The number of likely N-dealkylation sites (tertiary alicyclic amines) is 1. The van der Waals surface area contributed by atoms with Crippen LogP contribution in [0.1, 0.15) is 17.0 Å². The molecule has 0 bridgehead atoms. The Balaban J connectivity index is 0.00000196. The zero-order chi connectivity index (χ0) is 17.2. The minimum Gasteiger partial charge on any atom is -0.336 e. The molecule has 2 aromatic heterocycles. The van der Waals surface area contributed by atoms with Crippen LogP contribution in [0.5, 0.6) is 0 Å². The Morgan fingerprint density at radius 2 is 2.04 bits per heavy atom. The minimum absolute atomic E-state index is 0. The SMILES string of the molecule is Cl.NCC1CCN(C(=O)c2nc(-c3cccs3)n(-c3ccccc3)n2)C1. The molecule has 0 saturated carbocycles. The average Bonchev–Trinajstić information content (AvgIpc) is 3.41. The zero-order valence-corrected chi connectivity index (χ0v) is 15.7. The van der Waals surface area contributed by atoms with Crippen molar-refractivity contribution in [2.45, 2.75) is 6.42 Å². The molecule has 136 valence electrons.